The summed E-state index contributed by atoms with van der Waals surface area (Å²) in [7, 11) is 0. The van der Waals surface area contributed by atoms with Crippen molar-refractivity contribution in [2.45, 2.75) is 33.6 Å². The third kappa shape index (κ3) is 4.90. The highest BCUT2D eigenvalue weighted by Gasteiger charge is 2.34. The van der Waals surface area contributed by atoms with Gasteiger partial charge in [0, 0.05) is 22.0 Å². The summed E-state index contributed by atoms with van der Waals surface area (Å²) in [6.07, 6.45) is 0. The Morgan fingerprint density at radius 1 is 1.16 bits per heavy atom. The Morgan fingerprint density at radius 3 is 2.53 bits per heavy atom. The number of carbonyl (C=O) groups is 2. The second-order valence-corrected chi connectivity index (χ2v) is 9.01. The molecular formula is C25H24ClN3O2S. The molecule has 0 saturated heterocycles. The number of rotatable bonds is 6. The van der Waals surface area contributed by atoms with E-state index < -0.39 is 5.92 Å². The summed E-state index contributed by atoms with van der Waals surface area (Å²) in [5.74, 6) is -0.788. The summed E-state index contributed by atoms with van der Waals surface area (Å²) in [6.45, 7) is 7.23. The first-order valence-electron chi connectivity index (χ1n) is 10.1. The van der Waals surface area contributed by atoms with Crippen LogP contribution in [0.1, 0.15) is 36.5 Å². The molecule has 5 nitrogen and oxygen atoms in total. The Hall–Kier alpha value is -3.01. The lowest BCUT2D eigenvalue weighted by molar-refractivity contribution is -0.114. The maximum atomic E-state index is 12.6. The topological polar surface area (TPSA) is 82.0 Å². The number of hydrogen-bond acceptors (Lipinski definition) is 5. The third-order valence-electron chi connectivity index (χ3n) is 5.47. The summed E-state index contributed by atoms with van der Waals surface area (Å²) in [4.78, 5) is 25.1. The van der Waals surface area contributed by atoms with Crippen molar-refractivity contribution in [1.82, 2.24) is 5.32 Å². The van der Waals surface area contributed by atoms with E-state index in [1.165, 1.54) is 18.7 Å². The van der Waals surface area contributed by atoms with Crippen LogP contribution in [0.25, 0.3) is 0 Å². The molecule has 0 saturated carbocycles. The number of nitrogens with one attached hydrogen (secondary N) is 2. The number of Topliss-reactive ketones (excluding diaryl/α,β-unsaturated/α-hetero) is 1. The van der Waals surface area contributed by atoms with Gasteiger partial charge in [-0.2, -0.15) is 5.26 Å². The van der Waals surface area contributed by atoms with Crippen LogP contribution in [-0.2, 0) is 9.59 Å². The van der Waals surface area contributed by atoms with Gasteiger partial charge in [-0.25, -0.2) is 0 Å². The first kappa shape index (κ1) is 23.6. The van der Waals surface area contributed by atoms with Crippen molar-refractivity contribution < 1.29 is 9.59 Å². The van der Waals surface area contributed by atoms with E-state index in [1.54, 1.807) is 19.1 Å². The predicted octanol–water partition coefficient (Wildman–Crippen LogP) is 5.61. The minimum Gasteiger partial charge on any atom is -0.353 e. The molecule has 164 valence electrons. The average molecular weight is 466 g/mol. The molecule has 3 rings (SSSR count). The van der Waals surface area contributed by atoms with Crippen LogP contribution >= 0.6 is 23.4 Å². The molecule has 1 atom stereocenters. The molecule has 0 radical (unpaired) electrons. The Bertz CT molecular complexity index is 1190. The number of hydrogen-bond donors (Lipinski definition) is 2. The van der Waals surface area contributed by atoms with Gasteiger partial charge in [0.1, 0.15) is 0 Å². The van der Waals surface area contributed by atoms with Crippen LogP contribution in [0.5, 0.6) is 0 Å². The van der Waals surface area contributed by atoms with E-state index in [4.69, 9.17) is 11.6 Å². The van der Waals surface area contributed by atoms with E-state index in [0.717, 1.165) is 16.8 Å². The van der Waals surface area contributed by atoms with Crippen molar-refractivity contribution in [3.05, 3.63) is 86.0 Å². The van der Waals surface area contributed by atoms with E-state index >= 15 is 0 Å². The Balaban J connectivity index is 1.90. The average Bonchev–Trinajstić information content (AvgIpc) is 2.75. The van der Waals surface area contributed by atoms with Gasteiger partial charge in [0.15, 0.2) is 5.78 Å². The highest BCUT2D eigenvalue weighted by Crippen LogP contribution is 2.42. The number of dihydropyridines is 1. The summed E-state index contributed by atoms with van der Waals surface area (Å²) in [6, 6.07) is 15.2. The molecule has 0 aliphatic carbocycles. The number of anilines is 1. The van der Waals surface area contributed by atoms with Gasteiger partial charge in [0.25, 0.3) is 0 Å². The van der Waals surface area contributed by atoms with Crippen molar-refractivity contribution in [1.29, 1.82) is 5.26 Å². The van der Waals surface area contributed by atoms with Crippen LogP contribution in [0, 0.1) is 25.2 Å². The Kier molecular flexibility index (Phi) is 7.44. The zero-order valence-corrected chi connectivity index (χ0v) is 19.9. The van der Waals surface area contributed by atoms with E-state index in [0.29, 0.717) is 32.5 Å². The molecule has 0 fully saturated rings. The standard InChI is InChI=1S/C25H24ClN3O2S/c1-14-8-7-11-21(15(14)2)29-22(31)13-32-25-19(12-27)24(18-9-5-6-10-20(18)26)23(17(4)30)16(3)28-25/h5-11,24,28H,13H2,1-4H3,(H,29,31). The zero-order chi connectivity index (χ0) is 23.4. The largest absolute Gasteiger partial charge is 0.353 e. The van der Waals surface area contributed by atoms with E-state index in [2.05, 4.69) is 16.7 Å². The van der Waals surface area contributed by atoms with Crippen LogP contribution in [0.15, 0.2) is 64.3 Å². The summed E-state index contributed by atoms with van der Waals surface area (Å²) >= 11 is 7.67. The lowest BCUT2D eigenvalue weighted by atomic mass is 9.81. The molecule has 0 bridgehead atoms. The number of carbonyl (C=O) groups excluding carboxylic acids is 2. The van der Waals surface area contributed by atoms with Gasteiger partial charge in [-0.15, -0.1) is 0 Å². The normalized spacial score (nSPS) is 15.8. The number of halogens is 1. The van der Waals surface area contributed by atoms with Crippen molar-refractivity contribution >= 4 is 40.7 Å². The first-order chi connectivity index (χ1) is 15.2. The quantitative estimate of drug-likeness (QED) is 0.579. The van der Waals surface area contributed by atoms with Crippen LogP contribution in [0.2, 0.25) is 5.02 Å². The molecule has 1 aliphatic heterocycles. The van der Waals surface area contributed by atoms with Crippen LogP contribution in [-0.4, -0.2) is 17.4 Å². The SMILES string of the molecule is CC(=O)C1=C(C)NC(SCC(=O)Nc2cccc(C)c2C)=C(C#N)C1c1ccccc1Cl. The smallest absolute Gasteiger partial charge is 0.234 e. The highest BCUT2D eigenvalue weighted by atomic mass is 35.5. The van der Waals surface area contributed by atoms with Gasteiger partial charge in [0.2, 0.25) is 5.91 Å². The fraction of sp³-hybridized carbons (Fsp3) is 0.240. The highest BCUT2D eigenvalue weighted by molar-refractivity contribution is 8.03. The van der Waals surface area contributed by atoms with Crippen molar-refractivity contribution in [3.8, 4) is 6.07 Å². The zero-order valence-electron chi connectivity index (χ0n) is 18.4. The van der Waals surface area contributed by atoms with Gasteiger partial charge in [0.05, 0.1) is 28.3 Å². The Morgan fingerprint density at radius 2 is 1.88 bits per heavy atom. The van der Waals surface area contributed by atoms with Crippen LogP contribution in [0.3, 0.4) is 0 Å². The number of allylic oxidation sites excluding steroid dienone is 3. The molecule has 1 heterocycles. The van der Waals surface area contributed by atoms with Gasteiger partial charge < -0.3 is 10.6 Å². The number of nitriles is 1. The van der Waals surface area contributed by atoms with Gasteiger partial charge >= 0.3 is 0 Å². The van der Waals surface area contributed by atoms with Gasteiger partial charge in [-0.3, -0.25) is 9.59 Å². The number of aryl methyl sites for hydroxylation is 1. The van der Waals surface area contributed by atoms with Crippen molar-refractivity contribution in [2.24, 2.45) is 0 Å². The Labute approximate surface area is 197 Å². The molecule has 1 amide bonds. The maximum absolute atomic E-state index is 12.6. The molecule has 1 aliphatic rings. The molecule has 7 heteroatoms. The van der Waals surface area contributed by atoms with E-state index in [9.17, 15) is 14.9 Å². The number of benzene rings is 2. The molecule has 1 unspecified atom stereocenters. The van der Waals surface area contributed by atoms with E-state index in [-0.39, 0.29) is 17.4 Å². The lowest BCUT2D eigenvalue weighted by Gasteiger charge is -2.29. The number of amides is 1. The minimum atomic E-state index is -0.586. The molecule has 2 N–H and O–H groups in total. The molecule has 0 aromatic heterocycles. The first-order valence-corrected chi connectivity index (χ1v) is 11.5. The number of thioether (sulfide) groups is 1. The van der Waals surface area contributed by atoms with Crippen molar-refractivity contribution in [3.63, 3.8) is 0 Å². The molecule has 2 aromatic rings. The summed E-state index contributed by atoms with van der Waals surface area (Å²) in [5.41, 5.74) is 5.10. The second kappa shape index (κ2) is 10.1. The maximum Gasteiger partial charge on any atom is 0.234 e. The van der Waals surface area contributed by atoms with Crippen LogP contribution in [0.4, 0.5) is 5.69 Å². The summed E-state index contributed by atoms with van der Waals surface area (Å²) < 4.78 is 0. The fourth-order valence-corrected chi connectivity index (χ4v) is 4.86. The van der Waals surface area contributed by atoms with Crippen molar-refractivity contribution in [2.75, 3.05) is 11.1 Å². The second-order valence-electron chi connectivity index (χ2n) is 7.61. The third-order valence-corrected chi connectivity index (χ3v) is 6.83. The summed E-state index contributed by atoms with van der Waals surface area (Å²) in [5, 5.41) is 17.1. The number of ketones is 1. The van der Waals surface area contributed by atoms with Gasteiger partial charge in [-0.1, -0.05) is 53.7 Å². The molecule has 0 spiro atoms. The fourth-order valence-electron chi connectivity index (χ4n) is 3.72. The molecular weight excluding hydrogens is 442 g/mol. The minimum absolute atomic E-state index is 0.110. The molecule has 2 aromatic carbocycles. The van der Waals surface area contributed by atoms with Gasteiger partial charge in [-0.05, 0) is 56.5 Å². The molecule has 32 heavy (non-hydrogen) atoms. The lowest BCUT2D eigenvalue weighted by Crippen LogP contribution is -2.28. The predicted molar refractivity (Wildman–Crippen MR) is 130 cm³/mol. The monoisotopic (exact) mass is 465 g/mol. The van der Waals surface area contributed by atoms with E-state index in [1.807, 2.05) is 44.2 Å². The van der Waals surface area contributed by atoms with Crippen LogP contribution < -0.4 is 10.6 Å². The number of nitrogens with zero attached hydrogens (tertiary/aromatic N) is 1.